The lowest BCUT2D eigenvalue weighted by Crippen LogP contribution is -2.19. The molecule has 1 heterocycles. The molecule has 0 saturated carbocycles. The van der Waals surface area contributed by atoms with Gasteiger partial charge in [-0.1, -0.05) is 28.1 Å². The van der Waals surface area contributed by atoms with E-state index in [4.69, 9.17) is 11.0 Å². The zero-order valence-electron chi connectivity index (χ0n) is 10.5. The molecule has 0 amide bonds. The van der Waals surface area contributed by atoms with Gasteiger partial charge in [0, 0.05) is 18.1 Å². The number of nitrogens with two attached hydrogens (primary N) is 1. The van der Waals surface area contributed by atoms with Crippen molar-refractivity contribution < 1.29 is 0 Å². The zero-order valence-corrected chi connectivity index (χ0v) is 12.1. The van der Waals surface area contributed by atoms with Gasteiger partial charge in [-0.3, -0.25) is 0 Å². The van der Waals surface area contributed by atoms with Gasteiger partial charge < -0.3 is 10.6 Å². The smallest absolute Gasteiger partial charge is 0.146 e. The molecule has 2 rings (SSSR count). The summed E-state index contributed by atoms with van der Waals surface area (Å²) in [7, 11) is 1.90. The summed E-state index contributed by atoms with van der Waals surface area (Å²) >= 11 is 3.44. The van der Waals surface area contributed by atoms with Gasteiger partial charge in [0.1, 0.15) is 11.9 Å². The molecule has 1 aromatic heterocycles. The maximum atomic E-state index is 9.12. The molecule has 0 saturated heterocycles. The van der Waals surface area contributed by atoms with Crippen LogP contribution in [0, 0.1) is 11.3 Å². The highest BCUT2D eigenvalue weighted by Crippen LogP contribution is 2.20. The number of hydrogen-bond donors (Lipinski definition) is 1. The average molecular weight is 317 g/mol. The van der Waals surface area contributed by atoms with Crippen LogP contribution in [0.2, 0.25) is 0 Å². The number of nitrogens with zero attached hydrogens (tertiary/aromatic N) is 3. The first-order valence-electron chi connectivity index (χ1n) is 5.71. The number of benzene rings is 1. The topological polar surface area (TPSA) is 65.9 Å². The van der Waals surface area contributed by atoms with E-state index in [1.54, 1.807) is 12.3 Å². The first-order valence-corrected chi connectivity index (χ1v) is 6.50. The van der Waals surface area contributed by atoms with Crippen LogP contribution in [0.4, 0.5) is 11.5 Å². The minimum Gasteiger partial charge on any atom is -0.397 e. The Morgan fingerprint density at radius 1 is 1.42 bits per heavy atom. The third-order valence-corrected chi connectivity index (χ3v) is 3.17. The molecule has 0 spiro atoms. The molecule has 0 bridgehead atoms. The molecule has 2 N–H and O–H groups in total. The SMILES string of the molecule is CN(Cc1cccc(Br)c1)c1ncc(N)cc1C#N. The fraction of sp³-hybridized carbons (Fsp3) is 0.143. The van der Waals surface area contributed by atoms with Crippen LogP contribution in [-0.4, -0.2) is 12.0 Å². The van der Waals surface area contributed by atoms with Crippen LogP contribution >= 0.6 is 15.9 Å². The number of pyridine rings is 1. The fourth-order valence-electron chi connectivity index (χ4n) is 1.84. The van der Waals surface area contributed by atoms with Gasteiger partial charge in [-0.25, -0.2) is 4.98 Å². The summed E-state index contributed by atoms with van der Waals surface area (Å²) < 4.78 is 1.03. The molecular weight excluding hydrogens is 304 g/mol. The van der Waals surface area contributed by atoms with Crippen LogP contribution in [0.1, 0.15) is 11.1 Å². The van der Waals surface area contributed by atoms with E-state index in [9.17, 15) is 0 Å². The molecule has 96 valence electrons. The van der Waals surface area contributed by atoms with Gasteiger partial charge in [0.2, 0.25) is 0 Å². The Morgan fingerprint density at radius 2 is 2.21 bits per heavy atom. The minimum atomic E-state index is 0.484. The van der Waals surface area contributed by atoms with Crippen molar-refractivity contribution in [1.82, 2.24) is 4.98 Å². The quantitative estimate of drug-likeness (QED) is 0.945. The summed E-state index contributed by atoms with van der Waals surface area (Å²) in [6.45, 7) is 0.672. The molecule has 0 aliphatic carbocycles. The Hall–Kier alpha value is -2.06. The standard InChI is InChI=1S/C14H13BrN4/c1-19(9-10-3-2-4-12(15)5-10)14-11(7-16)6-13(17)8-18-14/h2-6,8H,9,17H2,1H3. The second kappa shape index (κ2) is 5.72. The van der Waals surface area contributed by atoms with E-state index in [0.717, 1.165) is 10.0 Å². The molecule has 1 aromatic carbocycles. The van der Waals surface area contributed by atoms with Gasteiger partial charge in [-0.15, -0.1) is 0 Å². The summed E-state index contributed by atoms with van der Waals surface area (Å²) in [6, 6.07) is 11.8. The maximum absolute atomic E-state index is 9.12. The Morgan fingerprint density at radius 3 is 2.89 bits per heavy atom. The summed E-state index contributed by atoms with van der Waals surface area (Å²) in [6.07, 6.45) is 1.56. The van der Waals surface area contributed by atoms with Crippen molar-refractivity contribution in [2.45, 2.75) is 6.54 Å². The van der Waals surface area contributed by atoms with Crippen LogP contribution in [0.25, 0.3) is 0 Å². The first-order chi connectivity index (χ1) is 9.10. The molecule has 0 atom stereocenters. The highest BCUT2D eigenvalue weighted by molar-refractivity contribution is 9.10. The van der Waals surface area contributed by atoms with Crippen LogP contribution in [0.5, 0.6) is 0 Å². The van der Waals surface area contributed by atoms with Gasteiger partial charge >= 0.3 is 0 Å². The van der Waals surface area contributed by atoms with Crippen molar-refractivity contribution in [2.24, 2.45) is 0 Å². The lowest BCUT2D eigenvalue weighted by atomic mass is 10.2. The largest absolute Gasteiger partial charge is 0.397 e. The number of aromatic nitrogens is 1. The van der Waals surface area contributed by atoms with Crippen molar-refractivity contribution >= 4 is 27.4 Å². The summed E-state index contributed by atoms with van der Waals surface area (Å²) in [4.78, 5) is 6.16. The number of halogens is 1. The van der Waals surface area contributed by atoms with E-state index in [0.29, 0.717) is 23.6 Å². The summed E-state index contributed by atoms with van der Waals surface area (Å²) in [5, 5.41) is 9.12. The highest BCUT2D eigenvalue weighted by atomic mass is 79.9. The second-order valence-electron chi connectivity index (χ2n) is 4.24. The predicted octanol–water partition coefficient (Wildman–Crippen LogP) is 2.93. The van der Waals surface area contributed by atoms with Crippen LogP contribution in [0.3, 0.4) is 0 Å². The van der Waals surface area contributed by atoms with Crippen molar-refractivity contribution in [3.63, 3.8) is 0 Å². The Balaban J connectivity index is 2.25. The molecule has 0 fully saturated rings. The number of nitriles is 1. The summed E-state index contributed by atoms with van der Waals surface area (Å²) in [5.41, 5.74) is 7.76. The van der Waals surface area contributed by atoms with Crippen molar-refractivity contribution in [3.05, 3.63) is 52.1 Å². The third kappa shape index (κ3) is 3.24. The highest BCUT2D eigenvalue weighted by Gasteiger charge is 2.10. The number of nitrogen functional groups attached to an aromatic ring is 1. The lowest BCUT2D eigenvalue weighted by molar-refractivity contribution is 0.895. The molecular formula is C14H13BrN4. The Kier molecular flexibility index (Phi) is 4.03. The van der Waals surface area contributed by atoms with Crippen LogP contribution in [-0.2, 0) is 6.54 Å². The number of anilines is 2. The molecule has 5 heteroatoms. The van der Waals surface area contributed by atoms with Crippen LogP contribution < -0.4 is 10.6 Å². The average Bonchev–Trinajstić information content (AvgIpc) is 2.38. The molecule has 2 aromatic rings. The third-order valence-electron chi connectivity index (χ3n) is 2.68. The molecule has 0 radical (unpaired) electrons. The minimum absolute atomic E-state index is 0.484. The number of rotatable bonds is 3. The zero-order chi connectivity index (χ0) is 13.8. The van der Waals surface area contributed by atoms with E-state index in [1.807, 2.05) is 36.2 Å². The van der Waals surface area contributed by atoms with E-state index >= 15 is 0 Å². The molecule has 4 nitrogen and oxygen atoms in total. The first kappa shape index (κ1) is 13.4. The normalized spacial score (nSPS) is 9.95. The Labute approximate surface area is 120 Å². The monoisotopic (exact) mass is 316 g/mol. The van der Waals surface area contributed by atoms with Crippen molar-refractivity contribution in [1.29, 1.82) is 5.26 Å². The van der Waals surface area contributed by atoms with E-state index in [-0.39, 0.29) is 0 Å². The summed E-state index contributed by atoms with van der Waals surface area (Å²) in [5.74, 6) is 0.636. The maximum Gasteiger partial charge on any atom is 0.146 e. The molecule has 19 heavy (non-hydrogen) atoms. The van der Waals surface area contributed by atoms with Gasteiger partial charge in [-0.05, 0) is 23.8 Å². The Bertz CT molecular complexity index is 634. The van der Waals surface area contributed by atoms with Gasteiger partial charge in [-0.2, -0.15) is 5.26 Å². The predicted molar refractivity (Wildman–Crippen MR) is 79.6 cm³/mol. The lowest BCUT2D eigenvalue weighted by Gasteiger charge is -2.19. The molecule has 0 aliphatic heterocycles. The second-order valence-corrected chi connectivity index (χ2v) is 5.15. The van der Waals surface area contributed by atoms with Gasteiger partial charge in [0.05, 0.1) is 17.4 Å². The number of hydrogen-bond acceptors (Lipinski definition) is 4. The van der Waals surface area contributed by atoms with E-state index in [2.05, 4.69) is 27.0 Å². The fourth-order valence-corrected chi connectivity index (χ4v) is 2.29. The van der Waals surface area contributed by atoms with E-state index in [1.165, 1.54) is 0 Å². The van der Waals surface area contributed by atoms with Crippen molar-refractivity contribution in [2.75, 3.05) is 17.7 Å². The van der Waals surface area contributed by atoms with E-state index < -0.39 is 0 Å². The van der Waals surface area contributed by atoms with Gasteiger partial charge in [0.25, 0.3) is 0 Å². The van der Waals surface area contributed by atoms with Crippen molar-refractivity contribution in [3.8, 4) is 6.07 Å². The molecule has 0 unspecified atom stereocenters. The molecule has 0 aliphatic rings. The van der Waals surface area contributed by atoms with Gasteiger partial charge in [0.15, 0.2) is 0 Å². The van der Waals surface area contributed by atoms with Crippen LogP contribution in [0.15, 0.2) is 41.0 Å².